The molecule has 0 fully saturated rings. The smallest absolute Gasteiger partial charge is 0.115 e. The van der Waals surface area contributed by atoms with Crippen molar-refractivity contribution in [3.8, 4) is 0 Å². The van der Waals surface area contributed by atoms with Gasteiger partial charge < -0.3 is 0 Å². The lowest BCUT2D eigenvalue weighted by atomic mass is 9.47. The molecular formula is C46H74N2. The summed E-state index contributed by atoms with van der Waals surface area (Å²) in [5.74, 6) is 0. The van der Waals surface area contributed by atoms with E-state index >= 15 is 0 Å². The highest BCUT2D eigenvalue weighted by Crippen LogP contribution is 2.66. The summed E-state index contributed by atoms with van der Waals surface area (Å²) >= 11 is 0. The van der Waals surface area contributed by atoms with Gasteiger partial charge in [0.1, 0.15) is 6.33 Å². The van der Waals surface area contributed by atoms with E-state index < -0.39 is 0 Å². The number of hydrogen-bond acceptors (Lipinski definition) is 2. The summed E-state index contributed by atoms with van der Waals surface area (Å²) in [7, 11) is 0. The molecule has 268 valence electrons. The van der Waals surface area contributed by atoms with Gasteiger partial charge in [-0.05, 0) is 109 Å². The minimum absolute atomic E-state index is 0.200. The summed E-state index contributed by atoms with van der Waals surface area (Å²) in [6, 6.07) is 0. The third kappa shape index (κ3) is 5.21. The van der Waals surface area contributed by atoms with Crippen LogP contribution in [0.3, 0.4) is 0 Å². The Hall–Kier alpha value is -1.70. The maximum Gasteiger partial charge on any atom is 0.115 e. The average molecular weight is 655 g/mol. The second-order valence-corrected chi connectivity index (χ2v) is 20.8. The number of fused-ring (bicyclic) bond motifs is 1. The van der Waals surface area contributed by atoms with Gasteiger partial charge in [0.25, 0.3) is 0 Å². The van der Waals surface area contributed by atoms with Crippen molar-refractivity contribution in [1.82, 2.24) is 9.97 Å². The molecule has 0 aromatic carbocycles. The van der Waals surface area contributed by atoms with Crippen LogP contribution in [0.5, 0.6) is 0 Å². The van der Waals surface area contributed by atoms with Gasteiger partial charge in [-0.15, -0.1) is 0 Å². The molecule has 2 nitrogen and oxygen atoms in total. The second-order valence-electron chi connectivity index (χ2n) is 20.8. The fraction of sp³-hybridized carbons (Fsp3) is 0.783. The molecule has 0 saturated heterocycles. The third-order valence-electron chi connectivity index (χ3n) is 17.2. The van der Waals surface area contributed by atoms with Gasteiger partial charge in [-0.1, -0.05) is 151 Å². The molecule has 0 aliphatic heterocycles. The van der Waals surface area contributed by atoms with Gasteiger partial charge in [-0.3, -0.25) is 0 Å². The van der Waals surface area contributed by atoms with Crippen molar-refractivity contribution in [1.29, 1.82) is 0 Å². The van der Waals surface area contributed by atoms with E-state index in [2.05, 4.69) is 121 Å². The molecule has 0 bridgehead atoms. The molecule has 1 heterocycles. The summed E-state index contributed by atoms with van der Waals surface area (Å²) in [5.41, 5.74) is 16.6. The first-order valence-electron chi connectivity index (χ1n) is 19.9. The van der Waals surface area contributed by atoms with Crippen LogP contribution in [0.1, 0.15) is 199 Å². The largest absolute Gasteiger partial charge is 0.244 e. The van der Waals surface area contributed by atoms with Crippen LogP contribution in [0.25, 0.3) is 0 Å². The Kier molecular flexibility index (Phi) is 9.34. The molecule has 7 aliphatic rings. The summed E-state index contributed by atoms with van der Waals surface area (Å²) < 4.78 is 0. The Morgan fingerprint density at radius 1 is 0.354 bits per heavy atom. The van der Waals surface area contributed by atoms with Crippen LogP contribution < -0.4 is 0 Å². The number of allylic oxidation sites excluding steroid dienone is 6. The Bertz CT molecular complexity index is 1400. The van der Waals surface area contributed by atoms with Crippen molar-refractivity contribution >= 4 is 0 Å². The van der Waals surface area contributed by atoms with E-state index in [1.165, 1.54) is 88.3 Å². The summed E-state index contributed by atoms with van der Waals surface area (Å²) in [6.07, 6.45) is 20.4. The van der Waals surface area contributed by atoms with Crippen LogP contribution in [-0.4, -0.2) is 9.97 Å². The molecule has 0 radical (unpaired) electrons. The van der Waals surface area contributed by atoms with E-state index in [-0.39, 0.29) is 10.8 Å². The third-order valence-corrected chi connectivity index (χ3v) is 17.2. The summed E-state index contributed by atoms with van der Waals surface area (Å²) in [6.45, 7) is 37.9. The molecule has 8 rings (SSSR count). The van der Waals surface area contributed by atoms with Crippen molar-refractivity contribution in [2.24, 2.45) is 32.5 Å². The Morgan fingerprint density at radius 3 is 0.958 bits per heavy atom. The zero-order valence-electron chi connectivity index (χ0n) is 34.5. The van der Waals surface area contributed by atoms with Crippen LogP contribution in [0.15, 0.2) is 46.0 Å². The topological polar surface area (TPSA) is 25.8 Å². The fourth-order valence-corrected chi connectivity index (χ4v) is 10.8. The van der Waals surface area contributed by atoms with Gasteiger partial charge in [0.05, 0.1) is 5.69 Å². The Balaban J connectivity index is 0.000000125. The van der Waals surface area contributed by atoms with Gasteiger partial charge in [0, 0.05) is 17.0 Å². The SMILES string of the molecule is CC1(C)C2=C(CCC2)C1(C)C.CC1(C)C2=C(CCCC2)C1(C)C.CC1(C)C2=C(CCCCC2)C1(C)C.CC1(C)c2cncnc2C1(C)C. The lowest BCUT2D eigenvalue weighted by molar-refractivity contribution is 0.118. The standard InChI is InChI=1S/C13H22.C12H20.C11H18.C10H14N2/c1-12(2)10-8-6-5-7-9-11(10)13(12,3)4;1-11(2)9-7-5-6-8-10(9)12(11,3)4;1-10(2)8-6-5-7-9(8)11(10,3)4;1-9(2)7-5-11-6-12-8(7)10(9,3)4/h5-9H2,1-4H3;5-8H2,1-4H3;5-7H2,1-4H3;5-6H,1-4H3. The van der Waals surface area contributed by atoms with E-state index in [9.17, 15) is 0 Å². The Morgan fingerprint density at radius 2 is 0.646 bits per heavy atom. The monoisotopic (exact) mass is 655 g/mol. The van der Waals surface area contributed by atoms with Crippen LogP contribution in [-0.2, 0) is 10.8 Å². The molecule has 0 unspecified atom stereocenters. The number of hydrogen-bond donors (Lipinski definition) is 0. The van der Waals surface area contributed by atoms with Crippen molar-refractivity contribution in [3.05, 3.63) is 57.2 Å². The fourth-order valence-electron chi connectivity index (χ4n) is 10.8. The van der Waals surface area contributed by atoms with Gasteiger partial charge >= 0.3 is 0 Å². The minimum Gasteiger partial charge on any atom is -0.244 e. The Labute approximate surface area is 297 Å². The van der Waals surface area contributed by atoms with Gasteiger partial charge in [0.2, 0.25) is 0 Å². The van der Waals surface area contributed by atoms with E-state index in [4.69, 9.17) is 0 Å². The molecule has 2 heteroatoms. The number of rotatable bonds is 0. The zero-order chi connectivity index (χ0) is 35.9. The zero-order valence-corrected chi connectivity index (χ0v) is 34.5. The average Bonchev–Trinajstić information content (AvgIpc) is 3.39. The molecule has 1 aromatic heterocycles. The molecule has 0 spiro atoms. The second kappa shape index (κ2) is 11.9. The van der Waals surface area contributed by atoms with E-state index in [0.717, 1.165) is 0 Å². The normalized spacial score (nSPS) is 28.9. The maximum absolute atomic E-state index is 4.30. The lowest BCUT2D eigenvalue weighted by Crippen LogP contribution is -2.51. The highest BCUT2D eigenvalue weighted by atomic mass is 14.9. The van der Waals surface area contributed by atoms with Crippen LogP contribution in [0.2, 0.25) is 0 Å². The molecule has 48 heavy (non-hydrogen) atoms. The van der Waals surface area contributed by atoms with Crippen molar-refractivity contribution in [2.75, 3.05) is 0 Å². The predicted octanol–water partition coefficient (Wildman–Crippen LogP) is 13.8. The highest BCUT2D eigenvalue weighted by Gasteiger charge is 2.55. The number of nitrogens with zero attached hydrogens (tertiary/aromatic N) is 2. The molecule has 0 atom stereocenters. The van der Waals surface area contributed by atoms with E-state index in [1.54, 1.807) is 39.8 Å². The quantitative estimate of drug-likeness (QED) is 0.260. The van der Waals surface area contributed by atoms with Crippen molar-refractivity contribution in [2.45, 2.75) is 199 Å². The summed E-state index contributed by atoms with van der Waals surface area (Å²) in [5, 5.41) is 0. The van der Waals surface area contributed by atoms with Crippen molar-refractivity contribution in [3.63, 3.8) is 0 Å². The minimum atomic E-state index is 0.200. The maximum atomic E-state index is 4.30. The van der Waals surface area contributed by atoms with Gasteiger partial charge in [-0.25, -0.2) is 9.97 Å². The molecule has 0 N–H and O–H groups in total. The first-order valence-corrected chi connectivity index (χ1v) is 19.9. The van der Waals surface area contributed by atoms with Crippen LogP contribution in [0, 0.1) is 32.5 Å². The first kappa shape index (κ1) is 37.6. The summed E-state index contributed by atoms with van der Waals surface area (Å²) in [4.78, 5) is 8.35. The van der Waals surface area contributed by atoms with Crippen LogP contribution in [0.4, 0.5) is 0 Å². The van der Waals surface area contributed by atoms with E-state index in [0.29, 0.717) is 32.5 Å². The molecule has 0 saturated carbocycles. The van der Waals surface area contributed by atoms with Crippen molar-refractivity contribution < 1.29 is 0 Å². The predicted molar refractivity (Wildman–Crippen MR) is 207 cm³/mol. The molecule has 7 aliphatic carbocycles. The molecule has 0 amide bonds. The van der Waals surface area contributed by atoms with E-state index in [1.807, 2.05) is 6.20 Å². The first-order chi connectivity index (χ1) is 21.9. The van der Waals surface area contributed by atoms with Gasteiger partial charge in [-0.2, -0.15) is 0 Å². The highest BCUT2D eigenvalue weighted by molar-refractivity contribution is 5.47. The number of aromatic nitrogens is 2. The van der Waals surface area contributed by atoms with Gasteiger partial charge in [0.15, 0.2) is 0 Å². The lowest BCUT2D eigenvalue weighted by Gasteiger charge is -2.58. The molecular weight excluding hydrogens is 581 g/mol. The van der Waals surface area contributed by atoms with Crippen LogP contribution >= 0.6 is 0 Å². The molecule has 1 aromatic rings.